The first-order valence-electron chi connectivity index (χ1n) is 12.8. The van der Waals surface area contributed by atoms with Gasteiger partial charge in [-0.15, -0.1) is 5.10 Å². The highest BCUT2D eigenvalue weighted by Gasteiger charge is 2.33. The van der Waals surface area contributed by atoms with Gasteiger partial charge in [-0.2, -0.15) is 4.98 Å². The van der Waals surface area contributed by atoms with Gasteiger partial charge in [-0.3, -0.25) is 4.79 Å². The minimum atomic E-state index is -0.148. The Labute approximate surface area is 210 Å². The topological polar surface area (TPSA) is 130 Å². The van der Waals surface area contributed by atoms with Gasteiger partial charge in [0.15, 0.2) is 0 Å². The third-order valence-electron chi connectivity index (χ3n) is 6.84. The maximum absolute atomic E-state index is 12.0. The van der Waals surface area contributed by atoms with Gasteiger partial charge in [-0.05, 0) is 62.2 Å². The van der Waals surface area contributed by atoms with Crippen molar-refractivity contribution in [2.24, 2.45) is 13.0 Å². The summed E-state index contributed by atoms with van der Waals surface area (Å²) >= 11 is 0. The molecule has 0 unspecified atom stereocenters. The molecule has 192 valence electrons. The van der Waals surface area contributed by atoms with Crippen LogP contribution in [-0.2, 0) is 29.5 Å². The zero-order chi connectivity index (χ0) is 25.1. The average Bonchev–Trinajstić information content (AvgIpc) is 3.54. The van der Waals surface area contributed by atoms with E-state index in [2.05, 4.69) is 32.7 Å². The lowest BCUT2D eigenvalue weighted by Gasteiger charge is -2.28. The molecule has 3 aromatic heterocycles. The van der Waals surface area contributed by atoms with Crippen molar-refractivity contribution in [2.45, 2.75) is 76.9 Å². The molecular formula is C25H33N7O4. The highest BCUT2D eigenvalue weighted by Crippen LogP contribution is 2.45. The Hall–Kier alpha value is -3.50. The zero-order valence-corrected chi connectivity index (χ0v) is 21.1. The van der Waals surface area contributed by atoms with Gasteiger partial charge in [-0.1, -0.05) is 12.1 Å². The number of carbonyl (C=O) groups excluding carboxylic acids is 1. The van der Waals surface area contributed by atoms with Crippen molar-refractivity contribution in [1.82, 2.24) is 30.1 Å². The van der Waals surface area contributed by atoms with Gasteiger partial charge in [0.1, 0.15) is 11.4 Å². The maximum atomic E-state index is 12.0. The van der Waals surface area contributed by atoms with E-state index < -0.39 is 0 Å². The number of methoxy groups -OCH3 is 1. The van der Waals surface area contributed by atoms with Gasteiger partial charge in [-0.25, -0.2) is 9.67 Å². The summed E-state index contributed by atoms with van der Waals surface area (Å²) < 4.78 is 18.4. The van der Waals surface area contributed by atoms with Crippen molar-refractivity contribution in [3.05, 3.63) is 29.4 Å². The van der Waals surface area contributed by atoms with E-state index in [1.807, 2.05) is 19.2 Å². The normalized spacial score (nSPS) is 19.8. The summed E-state index contributed by atoms with van der Waals surface area (Å²) in [6.07, 6.45) is 7.26. The molecule has 0 radical (unpaired) electrons. The number of pyridine rings is 1. The van der Waals surface area contributed by atoms with Crippen LogP contribution in [0, 0.1) is 5.92 Å². The SMILES string of the molecule is CCCc1nc(NCc2c(-c3ccc(O[C@H]4CCC[C@H](C(=O)OC)C4)c(C4CC4)n3)nnn2C)no1. The number of hydrogen-bond donors (Lipinski definition) is 1. The van der Waals surface area contributed by atoms with E-state index in [0.29, 0.717) is 36.4 Å². The lowest BCUT2D eigenvalue weighted by Crippen LogP contribution is -2.30. The Morgan fingerprint density at radius 3 is 2.86 bits per heavy atom. The van der Waals surface area contributed by atoms with Crippen molar-refractivity contribution in [2.75, 3.05) is 12.4 Å². The largest absolute Gasteiger partial charge is 0.488 e. The Balaban J connectivity index is 1.33. The third kappa shape index (κ3) is 5.34. The summed E-state index contributed by atoms with van der Waals surface area (Å²) in [4.78, 5) is 21.4. The van der Waals surface area contributed by atoms with Crippen molar-refractivity contribution in [3.63, 3.8) is 0 Å². The molecule has 2 atom stereocenters. The van der Waals surface area contributed by atoms with Gasteiger partial charge in [0.25, 0.3) is 5.95 Å². The molecule has 0 amide bonds. The van der Waals surface area contributed by atoms with Crippen LogP contribution in [0.1, 0.15) is 75.1 Å². The second-order valence-electron chi connectivity index (χ2n) is 9.60. The number of nitrogens with one attached hydrogen (secondary N) is 1. The highest BCUT2D eigenvalue weighted by molar-refractivity contribution is 5.72. The standard InChI is InChI=1S/C25H33N7O4/c1-4-6-21-28-25(30-36-21)26-14-19-23(29-31-32(19)2)18-11-12-20(22(27-18)15-9-10-15)35-17-8-5-7-16(13-17)24(33)34-3/h11-12,15-17H,4-10,13-14H2,1-3H3,(H,26,30)/t16-,17-/m0/s1. The smallest absolute Gasteiger partial charge is 0.308 e. The molecule has 36 heavy (non-hydrogen) atoms. The summed E-state index contributed by atoms with van der Waals surface area (Å²) in [5.74, 6) is 2.00. The number of carbonyl (C=O) groups is 1. The van der Waals surface area contributed by atoms with E-state index in [9.17, 15) is 4.79 Å². The van der Waals surface area contributed by atoms with Gasteiger partial charge in [0.05, 0.1) is 42.8 Å². The number of aromatic nitrogens is 6. The summed E-state index contributed by atoms with van der Waals surface area (Å²) in [7, 11) is 3.30. The zero-order valence-electron chi connectivity index (χ0n) is 21.1. The number of hydrogen-bond acceptors (Lipinski definition) is 10. The second kappa shape index (κ2) is 10.6. The molecule has 0 spiro atoms. The fraction of sp³-hybridized carbons (Fsp3) is 0.600. The second-order valence-corrected chi connectivity index (χ2v) is 9.60. The number of nitrogens with zero attached hydrogens (tertiary/aromatic N) is 6. The van der Waals surface area contributed by atoms with Crippen molar-refractivity contribution in [1.29, 1.82) is 0 Å². The summed E-state index contributed by atoms with van der Waals surface area (Å²) in [6, 6.07) is 3.92. The molecular weight excluding hydrogens is 462 g/mol. The van der Waals surface area contributed by atoms with Crippen molar-refractivity contribution in [3.8, 4) is 17.1 Å². The van der Waals surface area contributed by atoms with Gasteiger partial charge in [0, 0.05) is 19.4 Å². The minimum Gasteiger partial charge on any atom is -0.488 e. The first-order valence-corrected chi connectivity index (χ1v) is 12.8. The quantitative estimate of drug-likeness (QED) is 0.414. The molecule has 0 aliphatic heterocycles. The van der Waals surface area contributed by atoms with Crippen LogP contribution in [0.2, 0.25) is 0 Å². The molecule has 2 aliphatic rings. The maximum Gasteiger partial charge on any atom is 0.308 e. The molecule has 0 saturated heterocycles. The summed E-state index contributed by atoms with van der Waals surface area (Å²) in [5, 5.41) is 15.8. The molecule has 3 heterocycles. The predicted molar refractivity (Wildman–Crippen MR) is 130 cm³/mol. The first kappa shape index (κ1) is 24.2. The Bertz CT molecular complexity index is 1200. The van der Waals surface area contributed by atoms with Crippen LogP contribution >= 0.6 is 0 Å². The molecule has 2 aliphatic carbocycles. The molecule has 0 bridgehead atoms. The Kier molecular flexibility index (Phi) is 7.15. The van der Waals surface area contributed by atoms with Crippen LogP contribution in [0.15, 0.2) is 16.7 Å². The van der Waals surface area contributed by atoms with E-state index in [0.717, 1.165) is 67.8 Å². The number of aryl methyl sites for hydroxylation is 2. The van der Waals surface area contributed by atoms with Crippen LogP contribution in [0.3, 0.4) is 0 Å². The lowest BCUT2D eigenvalue weighted by molar-refractivity contribution is -0.147. The fourth-order valence-corrected chi connectivity index (χ4v) is 4.73. The van der Waals surface area contributed by atoms with Crippen LogP contribution in [-0.4, -0.2) is 49.3 Å². The number of anilines is 1. The average molecular weight is 496 g/mol. The van der Waals surface area contributed by atoms with E-state index in [-0.39, 0.29) is 18.0 Å². The number of ether oxygens (including phenoxy) is 2. The number of rotatable bonds is 10. The minimum absolute atomic E-state index is 0.0168. The molecule has 2 fully saturated rings. The van der Waals surface area contributed by atoms with Crippen LogP contribution in [0.5, 0.6) is 5.75 Å². The van der Waals surface area contributed by atoms with Crippen LogP contribution in [0.25, 0.3) is 11.4 Å². The van der Waals surface area contributed by atoms with Crippen LogP contribution < -0.4 is 10.1 Å². The van der Waals surface area contributed by atoms with Gasteiger partial charge in [0.2, 0.25) is 5.89 Å². The Morgan fingerprint density at radius 1 is 1.22 bits per heavy atom. The van der Waals surface area contributed by atoms with E-state index in [4.69, 9.17) is 19.0 Å². The molecule has 5 rings (SSSR count). The predicted octanol–water partition coefficient (Wildman–Crippen LogP) is 3.81. The molecule has 11 nitrogen and oxygen atoms in total. The lowest BCUT2D eigenvalue weighted by atomic mass is 9.87. The number of esters is 1. The third-order valence-corrected chi connectivity index (χ3v) is 6.84. The van der Waals surface area contributed by atoms with E-state index in [1.165, 1.54) is 7.11 Å². The highest BCUT2D eigenvalue weighted by atomic mass is 16.5. The molecule has 2 saturated carbocycles. The van der Waals surface area contributed by atoms with E-state index >= 15 is 0 Å². The van der Waals surface area contributed by atoms with Crippen molar-refractivity contribution >= 4 is 11.9 Å². The van der Waals surface area contributed by atoms with Gasteiger partial charge < -0.3 is 19.3 Å². The van der Waals surface area contributed by atoms with Crippen molar-refractivity contribution < 1.29 is 18.8 Å². The molecule has 3 aromatic rings. The summed E-state index contributed by atoms with van der Waals surface area (Å²) in [5.41, 5.74) is 3.29. The van der Waals surface area contributed by atoms with E-state index in [1.54, 1.807) is 4.68 Å². The van der Waals surface area contributed by atoms with Gasteiger partial charge >= 0.3 is 5.97 Å². The fourth-order valence-electron chi connectivity index (χ4n) is 4.73. The molecule has 1 N–H and O–H groups in total. The monoisotopic (exact) mass is 495 g/mol. The molecule has 11 heteroatoms. The summed E-state index contributed by atoms with van der Waals surface area (Å²) in [6.45, 7) is 2.50. The Morgan fingerprint density at radius 2 is 2.08 bits per heavy atom. The van der Waals surface area contributed by atoms with Crippen LogP contribution in [0.4, 0.5) is 5.95 Å². The first-order chi connectivity index (χ1) is 17.6. The molecule has 0 aromatic carbocycles.